The summed E-state index contributed by atoms with van der Waals surface area (Å²) < 4.78 is 49.2. The second kappa shape index (κ2) is 7.19. The minimum Gasteiger partial charge on any atom is -0.444 e. The van der Waals surface area contributed by atoms with Gasteiger partial charge in [0.05, 0.1) is 30.9 Å². The van der Waals surface area contributed by atoms with E-state index in [1.807, 2.05) is 26.8 Å². The molecule has 1 saturated heterocycles. The zero-order chi connectivity index (χ0) is 19.8. The molecule has 0 radical (unpaired) electrons. The van der Waals surface area contributed by atoms with Gasteiger partial charge in [0.15, 0.2) is 0 Å². The number of ether oxygens (including phenoxy) is 2. The standard InChI is InChI=1S/C20H24F3NO3/c1-19(2,3)27-18(25)24-16-9-14(10-17(24)12-26-11-16)8-13-4-6-15(7-5-13)20(21,22)23/h4-7,9,16-17H,8,10-12H2,1-3H3. The molecule has 0 aliphatic carbocycles. The van der Waals surface area contributed by atoms with Crippen LogP contribution in [0.15, 0.2) is 35.9 Å². The van der Waals surface area contributed by atoms with Gasteiger partial charge < -0.3 is 9.47 Å². The largest absolute Gasteiger partial charge is 0.444 e. The summed E-state index contributed by atoms with van der Waals surface area (Å²) in [7, 11) is 0. The number of carbonyl (C=O) groups excluding carboxylic acids is 1. The Hall–Kier alpha value is -2.02. The van der Waals surface area contributed by atoms with E-state index in [1.165, 1.54) is 12.1 Å². The molecule has 1 amide bonds. The predicted octanol–water partition coefficient (Wildman–Crippen LogP) is 4.58. The molecule has 2 unspecified atom stereocenters. The monoisotopic (exact) mass is 383 g/mol. The molecule has 2 aliphatic rings. The lowest BCUT2D eigenvalue weighted by molar-refractivity contribution is -0.137. The molecule has 2 bridgehead atoms. The third kappa shape index (κ3) is 4.83. The van der Waals surface area contributed by atoms with Crippen LogP contribution in [0, 0.1) is 0 Å². The average Bonchev–Trinajstić information content (AvgIpc) is 2.52. The minimum atomic E-state index is -4.33. The number of nitrogens with zero attached hydrogens (tertiary/aromatic N) is 1. The summed E-state index contributed by atoms with van der Waals surface area (Å²) in [6.07, 6.45) is -1.52. The average molecular weight is 383 g/mol. The zero-order valence-electron chi connectivity index (χ0n) is 15.7. The van der Waals surface area contributed by atoms with E-state index in [-0.39, 0.29) is 18.2 Å². The zero-order valence-corrected chi connectivity index (χ0v) is 15.7. The van der Waals surface area contributed by atoms with E-state index in [0.29, 0.717) is 26.1 Å². The van der Waals surface area contributed by atoms with Crippen molar-refractivity contribution < 1.29 is 27.4 Å². The van der Waals surface area contributed by atoms with Crippen LogP contribution in [0.3, 0.4) is 0 Å². The van der Waals surface area contributed by atoms with Crippen LogP contribution in [0.5, 0.6) is 0 Å². The Kier molecular flexibility index (Phi) is 5.25. The fraction of sp³-hybridized carbons (Fsp3) is 0.550. The Morgan fingerprint density at radius 3 is 2.41 bits per heavy atom. The van der Waals surface area contributed by atoms with Gasteiger partial charge in [-0.1, -0.05) is 23.8 Å². The Morgan fingerprint density at radius 1 is 1.19 bits per heavy atom. The van der Waals surface area contributed by atoms with Gasteiger partial charge in [-0.3, -0.25) is 4.90 Å². The van der Waals surface area contributed by atoms with E-state index in [9.17, 15) is 18.0 Å². The first-order chi connectivity index (χ1) is 12.5. The number of hydrogen-bond donors (Lipinski definition) is 0. The first kappa shape index (κ1) is 19.7. The molecule has 4 nitrogen and oxygen atoms in total. The number of fused-ring (bicyclic) bond motifs is 2. The number of amides is 1. The van der Waals surface area contributed by atoms with Crippen molar-refractivity contribution in [2.24, 2.45) is 0 Å². The van der Waals surface area contributed by atoms with Gasteiger partial charge >= 0.3 is 12.3 Å². The summed E-state index contributed by atoms with van der Waals surface area (Å²) in [4.78, 5) is 14.3. The molecule has 0 saturated carbocycles. The van der Waals surface area contributed by atoms with Crippen LogP contribution in [0.1, 0.15) is 38.3 Å². The summed E-state index contributed by atoms with van der Waals surface area (Å²) >= 11 is 0. The molecular formula is C20H24F3NO3. The van der Waals surface area contributed by atoms with Crippen LogP contribution in [0.4, 0.5) is 18.0 Å². The second-order valence-electron chi connectivity index (χ2n) is 8.05. The van der Waals surface area contributed by atoms with Crippen LogP contribution in [-0.2, 0) is 22.1 Å². The Morgan fingerprint density at radius 2 is 1.85 bits per heavy atom. The van der Waals surface area contributed by atoms with Gasteiger partial charge in [-0.15, -0.1) is 0 Å². The molecule has 1 aromatic rings. The van der Waals surface area contributed by atoms with Crippen LogP contribution in [-0.4, -0.2) is 41.9 Å². The first-order valence-corrected chi connectivity index (χ1v) is 8.98. The lowest BCUT2D eigenvalue weighted by Gasteiger charge is -2.44. The molecule has 7 heteroatoms. The molecule has 1 fully saturated rings. The summed E-state index contributed by atoms with van der Waals surface area (Å²) in [6.45, 7) is 6.30. The molecular weight excluding hydrogens is 359 g/mol. The lowest BCUT2D eigenvalue weighted by Crippen LogP contribution is -2.57. The molecule has 1 aromatic carbocycles. The highest BCUT2D eigenvalue weighted by atomic mass is 19.4. The van der Waals surface area contributed by atoms with Gasteiger partial charge in [-0.05, 0) is 51.3 Å². The maximum Gasteiger partial charge on any atom is 0.416 e. The highest BCUT2D eigenvalue weighted by molar-refractivity contribution is 5.70. The van der Waals surface area contributed by atoms with E-state index in [4.69, 9.17) is 9.47 Å². The summed E-state index contributed by atoms with van der Waals surface area (Å²) in [5.74, 6) is 0. The van der Waals surface area contributed by atoms with Crippen molar-refractivity contribution in [1.29, 1.82) is 0 Å². The third-order valence-electron chi connectivity index (χ3n) is 4.59. The molecule has 2 atom stereocenters. The van der Waals surface area contributed by atoms with Crippen LogP contribution in [0.25, 0.3) is 0 Å². The van der Waals surface area contributed by atoms with E-state index in [0.717, 1.165) is 23.3 Å². The lowest BCUT2D eigenvalue weighted by atomic mass is 9.90. The number of hydrogen-bond acceptors (Lipinski definition) is 3. The molecule has 2 aliphatic heterocycles. The van der Waals surface area contributed by atoms with Crippen molar-refractivity contribution in [2.45, 2.75) is 57.5 Å². The quantitative estimate of drug-likeness (QED) is 0.702. The number of benzene rings is 1. The van der Waals surface area contributed by atoms with Crippen molar-refractivity contribution in [1.82, 2.24) is 4.90 Å². The molecule has 27 heavy (non-hydrogen) atoms. The minimum absolute atomic E-state index is 0.118. The van der Waals surface area contributed by atoms with Gasteiger partial charge in [0.2, 0.25) is 0 Å². The molecule has 3 rings (SSSR count). The molecule has 0 N–H and O–H groups in total. The Bertz CT molecular complexity index is 719. The fourth-order valence-electron chi connectivity index (χ4n) is 3.49. The maximum absolute atomic E-state index is 12.7. The number of morpholine rings is 1. The second-order valence-corrected chi connectivity index (χ2v) is 8.05. The number of halogens is 3. The predicted molar refractivity (Wildman–Crippen MR) is 94.3 cm³/mol. The highest BCUT2D eigenvalue weighted by Crippen LogP contribution is 2.32. The van der Waals surface area contributed by atoms with E-state index in [1.54, 1.807) is 4.90 Å². The number of carbonyl (C=O) groups is 1. The highest BCUT2D eigenvalue weighted by Gasteiger charge is 2.39. The summed E-state index contributed by atoms with van der Waals surface area (Å²) in [5.41, 5.74) is 0.702. The maximum atomic E-state index is 12.7. The Labute approximate surface area is 156 Å². The van der Waals surface area contributed by atoms with Crippen molar-refractivity contribution in [3.8, 4) is 0 Å². The molecule has 2 heterocycles. The van der Waals surface area contributed by atoms with Crippen molar-refractivity contribution in [2.75, 3.05) is 13.2 Å². The summed E-state index contributed by atoms with van der Waals surface area (Å²) in [5, 5.41) is 0. The van der Waals surface area contributed by atoms with Crippen molar-refractivity contribution in [3.05, 3.63) is 47.0 Å². The van der Waals surface area contributed by atoms with E-state index < -0.39 is 17.3 Å². The molecule has 0 aromatic heterocycles. The van der Waals surface area contributed by atoms with E-state index in [2.05, 4.69) is 0 Å². The third-order valence-corrected chi connectivity index (χ3v) is 4.59. The van der Waals surface area contributed by atoms with E-state index >= 15 is 0 Å². The number of rotatable bonds is 2. The van der Waals surface area contributed by atoms with Gasteiger partial charge in [-0.2, -0.15) is 13.2 Å². The van der Waals surface area contributed by atoms with Gasteiger partial charge in [0.25, 0.3) is 0 Å². The first-order valence-electron chi connectivity index (χ1n) is 8.98. The SMILES string of the molecule is CC(C)(C)OC(=O)N1C2C=C(Cc3ccc(C(F)(F)F)cc3)CC1COC2. The fourth-order valence-corrected chi connectivity index (χ4v) is 3.49. The van der Waals surface area contributed by atoms with Gasteiger partial charge in [-0.25, -0.2) is 4.79 Å². The van der Waals surface area contributed by atoms with Crippen molar-refractivity contribution >= 4 is 6.09 Å². The molecule has 0 spiro atoms. The summed E-state index contributed by atoms with van der Waals surface area (Å²) in [6, 6.07) is 4.90. The Balaban J connectivity index is 1.73. The van der Waals surface area contributed by atoms with Crippen molar-refractivity contribution in [3.63, 3.8) is 0 Å². The van der Waals surface area contributed by atoms with Crippen LogP contribution >= 0.6 is 0 Å². The normalized spacial score (nSPS) is 23.0. The van der Waals surface area contributed by atoms with Crippen LogP contribution < -0.4 is 0 Å². The topological polar surface area (TPSA) is 38.8 Å². The van der Waals surface area contributed by atoms with Gasteiger partial charge in [0, 0.05) is 0 Å². The molecule has 148 valence electrons. The smallest absolute Gasteiger partial charge is 0.416 e. The van der Waals surface area contributed by atoms with Crippen LogP contribution in [0.2, 0.25) is 0 Å². The number of alkyl halides is 3. The van der Waals surface area contributed by atoms with Gasteiger partial charge in [0.1, 0.15) is 5.60 Å².